The molecule has 0 unspecified atom stereocenters. The van der Waals surface area contributed by atoms with Gasteiger partial charge in [-0.1, -0.05) is 17.8 Å². The van der Waals surface area contributed by atoms with Gasteiger partial charge in [0.1, 0.15) is 0 Å². The predicted molar refractivity (Wildman–Crippen MR) is 82.1 cm³/mol. The van der Waals surface area contributed by atoms with Crippen LogP contribution in [0.3, 0.4) is 0 Å². The number of nitrogens with zero attached hydrogens (tertiary/aromatic N) is 6. The molecule has 10 heteroatoms. The molecule has 0 saturated heterocycles. The van der Waals surface area contributed by atoms with Gasteiger partial charge in [-0.25, -0.2) is 0 Å². The van der Waals surface area contributed by atoms with E-state index in [0.29, 0.717) is 28.4 Å². The normalized spacial score (nSPS) is 10.7. The minimum atomic E-state index is -0.139. The van der Waals surface area contributed by atoms with Crippen LogP contribution in [-0.2, 0) is 10.5 Å². The highest BCUT2D eigenvalue weighted by atomic mass is 32.2. The Balaban J connectivity index is 1.78. The average Bonchev–Trinajstić information content (AvgIpc) is 3.13. The maximum Gasteiger partial charge on any atom is 0.226 e. The number of rotatable bonds is 5. The van der Waals surface area contributed by atoms with Gasteiger partial charge in [0.05, 0.1) is 11.4 Å². The van der Waals surface area contributed by atoms with Gasteiger partial charge in [-0.15, -0.1) is 15.3 Å². The van der Waals surface area contributed by atoms with E-state index in [0.717, 1.165) is 5.69 Å². The van der Waals surface area contributed by atoms with Crippen molar-refractivity contribution in [3.05, 3.63) is 36.0 Å². The van der Waals surface area contributed by atoms with Crippen LogP contribution in [0.25, 0.3) is 5.69 Å². The third-order valence-corrected chi connectivity index (χ3v) is 3.65. The summed E-state index contributed by atoms with van der Waals surface area (Å²) >= 11 is 1.38. The lowest BCUT2D eigenvalue weighted by molar-refractivity contribution is -0.114. The number of nitrogens with one attached hydrogen (secondary N) is 1. The standard InChI is InChI=1S/C13H13N7O2S/c1-8(21)14-10-4-3-5-11(6-10)20-13(17-18-19-20)23-7-12-16-15-9(2)22-12/h3-6H,7H2,1-2H3,(H,14,21). The second-order valence-corrected chi connectivity index (χ2v) is 5.55. The summed E-state index contributed by atoms with van der Waals surface area (Å²) in [6.07, 6.45) is 0. The molecule has 1 aromatic carbocycles. The van der Waals surface area contributed by atoms with Crippen LogP contribution in [-0.4, -0.2) is 36.3 Å². The Bertz CT molecular complexity index is 829. The number of aryl methyl sites for hydroxylation is 1. The zero-order chi connectivity index (χ0) is 16.2. The number of carbonyl (C=O) groups excluding carboxylic acids is 1. The molecule has 2 heterocycles. The molecule has 0 bridgehead atoms. The SMILES string of the molecule is CC(=O)Nc1cccc(-n2nnnc2SCc2nnc(C)o2)c1. The van der Waals surface area contributed by atoms with Crippen molar-refractivity contribution in [1.82, 2.24) is 30.4 Å². The molecule has 0 aliphatic rings. The van der Waals surface area contributed by atoms with Crippen molar-refractivity contribution in [2.75, 3.05) is 5.32 Å². The first-order valence-electron chi connectivity index (χ1n) is 6.70. The quantitative estimate of drug-likeness (QED) is 0.702. The number of aromatic nitrogens is 6. The predicted octanol–water partition coefficient (Wildman–Crippen LogP) is 1.60. The highest BCUT2D eigenvalue weighted by Gasteiger charge is 2.12. The van der Waals surface area contributed by atoms with E-state index in [4.69, 9.17) is 4.42 Å². The molecule has 2 aromatic heterocycles. The number of tetrazole rings is 1. The van der Waals surface area contributed by atoms with Crippen molar-refractivity contribution in [2.45, 2.75) is 24.8 Å². The molecule has 118 valence electrons. The van der Waals surface area contributed by atoms with E-state index < -0.39 is 0 Å². The monoisotopic (exact) mass is 331 g/mol. The maximum absolute atomic E-state index is 11.2. The first-order valence-corrected chi connectivity index (χ1v) is 7.68. The minimum absolute atomic E-state index is 0.139. The van der Waals surface area contributed by atoms with Crippen LogP contribution in [0.5, 0.6) is 0 Å². The van der Waals surface area contributed by atoms with Gasteiger partial charge in [0, 0.05) is 19.5 Å². The minimum Gasteiger partial charge on any atom is -0.425 e. The third-order valence-electron chi connectivity index (χ3n) is 2.74. The second-order valence-electron chi connectivity index (χ2n) is 4.61. The molecule has 0 atom stereocenters. The van der Waals surface area contributed by atoms with Crippen LogP contribution >= 0.6 is 11.8 Å². The summed E-state index contributed by atoms with van der Waals surface area (Å²) in [5, 5.41) is 22.7. The van der Waals surface area contributed by atoms with E-state index in [2.05, 4.69) is 31.0 Å². The fourth-order valence-corrected chi connectivity index (χ4v) is 2.60. The zero-order valence-electron chi connectivity index (χ0n) is 12.4. The fraction of sp³-hybridized carbons (Fsp3) is 0.231. The molecule has 9 nitrogen and oxygen atoms in total. The van der Waals surface area contributed by atoms with Crippen LogP contribution in [0.4, 0.5) is 5.69 Å². The molecule has 1 N–H and O–H groups in total. The summed E-state index contributed by atoms with van der Waals surface area (Å²) in [5.41, 5.74) is 1.42. The summed E-state index contributed by atoms with van der Waals surface area (Å²) in [6.45, 7) is 3.19. The molecule has 0 aliphatic carbocycles. The number of carbonyl (C=O) groups is 1. The number of benzene rings is 1. The van der Waals surface area contributed by atoms with E-state index in [9.17, 15) is 4.79 Å². The summed E-state index contributed by atoms with van der Waals surface area (Å²) in [6, 6.07) is 7.25. The highest BCUT2D eigenvalue weighted by Crippen LogP contribution is 2.23. The molecule has 0 aliphatic heterocycles. The van der Waals surface area contributed by atoms with Crippen molar-refractivity contribution in [2.24, 2.45) is 0 Å². The van der Waals surface area contributed by atoms with E-state index >= 15 is 0 Å². The van der Waals surface area contributed by atoms with Crippen molar-refractivity contribution in [3.63, 3.8) is 0 Å². The van der Waals surface area contributed by atoms with Crippen LogP contribution < -0.4 is 5.32 Å². The number of anilines is 1. The van der Waals surface area contributed by atoms with Gasteiger partial charge >= 0.3 is 0 Å². The molecular formula is C13H13N7O2S. The van der Waals surface area contributed by atoms with E-state index in [-0.39, 0.29) is 5.91 Å². The number of thioether (sulfide) groups is 1. The smallest absolute Gasteiger partial charge is 0.226 e. The third kappa shape index (κ3) is 3.72. The molecule has 0 saturated carbocycles. The second kappa shape index (κ2) is 6.57. The van der Waals surface area contributed by atoms with Crippen LogP contribution in [0.1, 0.15) is 18.7 Å². The summed E-state index contributed by atoms with van der Waals surface area (Å²) in [7, 11) is 0. The van der Waals surface area contributed by atoms with Crippen LogP contribution in [0, 0.1) is 6.92 Å². The molecule has 0 spiro atoms. The molecule has 3 aromatic rings. The van der Waals surface area contributed by atoms with Crippen LogP contribution in [0.15, 0.2) is 33.8 Å². The van der Waals surface area contributed by atoms with Gasteiger partial charge in [0.2, 0.25) is 22.8 Å². The average molecular weight is 331 g/mol. The summed E-state index contributed by atoms with van der Waals surface area (Å²) in [5.74, 6) is 1.35. The first-order chi connectivity index (χ1) is 11.1. The molecule has 0 radical (unpaired) electrons. The lowest BCUT2D eigenvalue weighted by Crippen LogP contribution is -2.07. The van der Waals surface area contributed by atoms with E-state index in [1.807, 2.05) is 12.1 Å². The van der Waals surface area contributed by atoms with Crippen molar-refractivity contribution in [3.8, 4) is 5.69 Å². The van der Waals surface area contributed by atoms with Gasteiger partial charge < -0.3 is 9.73 Å². The molecule has 3 rings (SSSR count). The van der Waals surface area contributed by atoms with Crippen molar-refractivity contribution < 1.29 is 9.21 Å². The molecule has 23 heavy (non-hydrogen) atoms. The number of hydrogen-bond donors (Lipinski definition) is 1. The first kappa shape index (κ1) is 15.2. The van der Waals surface area contributed by atoms with Crippen molar-refractivity contribution in [1.29, 1.82) is 0 Å². The van der Waals surface area contributed by atoms with Gasteiger partial charge in [0.15, 0.2) is 0 Å². The number of amides is 1. The summed E-state index contributed by atoms with van der Waals surface area (Å²) in [4.78, 5) is 11.2. The lowest BCUT2D eigenvalue weighted by atomic mass is 10.3. The maximum atomic E-state index is 11.2. The van der Waals surface area contributed by atoms with E-state index in [1.54, 1.807) is 23.7 Å². The molecular weight excluding hydrogens is 318 g/mol. The molecule has 1 amide bonds. The highest BCUT2D eigenvalue weighted by molar-refractivity contribution is 7.98. The Morgan fingerprint density at radius 1 is 1.35 bits per heavy atom. The fourth-order valence-electron chi connectivity index (χ4n) is 1.87. The Hall–Kier alpha value is -2.75. The number of hydrogen-bond acceptors (Lipinski definition) is 8. The lowest BCUT2D eigenvalue weighted by Gasteiger charge is -2.06. The Labute approximate surface area is 135 Å². The zero-order valence-corrected chi connectivity index (χ0v) is 13.2. The Morgan fingerprint density at radius 2 is 2.22 bits per heavy atom. The van der Waals surface area contributed by atoms with Crippen molar-refractivity contribution >= 4 is 23.4 Å². The Morgan fingerprint density at radius 3 is 2.96 bits per heavy atom. The van der Waals surface area contributed by atoms with Gasteiger partial charge in [-0.2, -0.15) is 4.68 Å². The largest absolute Gasteiger partial charge is 0.425 e. The van der Waals surface area contributed by atoms with Crippen LogP contribution in [0.2, 0.25) is 0 Å². The van der Waals surface area contributed by atoms with E-state index in [1.165, 1.54) is 18.7 Å². The van der Waals surface area contributed by atoms with Gasteiger partial charge in [-0.05, 0) is 28.6 Å². The van der Waals surface area contributed by atoms with Gasteiger partial charge in [-0.3, -0.25) is 4.79 Å². The topological polar surface area (TPSA) is 112 Å². The Kier molecular flexibility index (Phi) is 4.33. The molecule has 0 fully saturated rings. The van der Waals surface area contributed by atoms with Gasteiger partial charge in [0.25, 0.3) is 0 Å². The summed E-state index contributed by atoms with van der Waals surface area (Å²) < 4.78 is 6.90.